The van der Waals surface area contributed by atoms with E-state index in [2.05, 4.69) is 15.9 Å². The monoisotopic (exact) mass is 332 g/mol. The topological polar surface area (TPSA) is 42.3 Å². The highest BCUT2D eigenvalue weighted by Crippen LogP contribution is 2.15. The molecule has 0 fully saturated rings. The molecule has 20 heavy (non-hydrogen) atoms. The van der Waals surface area contributed by atoms with E-state index in [1.54, 1.807) is 17.0 Å². The van der Waals surface area contributed by atoms with Crippen LogP contribution >= 0.6 is 15.9 Å². The van der Waals surface area contributed by atoms with Crippen molar-refractivity contribution in [3.8, 4) is 0 Å². The summed E-state index contributed by atoms with van der Waals surface area (Å²) in [6.07, 6.45) is 0. The van der Waals surface area contributed by atoms with Crippen molar-refractivity contribution < 1.29 is 4.79 Å². The van der Waals surface area contributed by atoms with Gasteiger partial charge < -0.3 is 9.47 Å². The Morgan fingerprint density at radius 2 is 1.75 bits per heavy atom. The van der Waals surface area contributed by atoms with Gasteiger partial charge in [0.15, 0.2) is 0 Å². The normalized spacial score (nSPS) is 14.2. The summed E-state index contributed by atoms with van der Waals surface area (Å²) in [7, 11) is 0. The number of rotatable bonds is 2. The standard InChI is InChI=1S/C15H13BrN2O2/c16-12-6-7-13-15(20)17(8-9-18(13)14(12)19)10-11-4-2-1-3-5-11/h1-7H,8-10H2. The first-order valence-electron chi connectivity index (χ1n) is 6.39. The molecule has 0 unspecified atom stereocenters. The van der Waals surface area contributed by atoms with E-state index in [1.807, 2.05) is 30.3 Å². The molecule has 1 aliphatic heterocycles. The van der Waals surface area contributed by atoms with Crippen LogP contribution in [0.3, 0.4) is 0 Å². The Morgan fingerprint density at radius 1 is 1.00 bits per heavy atom. The van der Waals surface area contributed by atoms with E-state index in [9.17, 15) is 9.59 Å². The second-order valence-electron chi connectivity index (χ2n) is 4.74. The third kappa shape index (κ3) is 2.29. The summed E-state index contributed by atoms with van der Waals surface area (Å²) in [4.78, 5) is 26.2. The molecule has 0 aliphatic carbocycles. The molecule has 1 aromatic heterocycles. The van der Waals surface area contributed by atoms with Crippen LogP contribution in [0.2, 0.25) is 0 Å². The summed E-state index contributed by atoms with van der Waals surface area (Å²) < 4.78 is 2.03. The number of hydrogen-bond donors (Lipinski definition) is 0. The van der Waals surface area contributed by atoms with Crippen LogP contribution in [0.25, 0.3) is 0 Å². The lowest BCUT2D eigenvalue weighted by Crippen LogP contribution is -2.44. The highest BCUT2D eigenvalue weighted by molar-refractivity contribution is 9.10. The third-order valence-corrected chi connectivity index (χ3v) is 4.05. The lowest BCUT2D eigenvalue weighted by molar-refractivity contribution is 0.0686. The molecule has 1 amide bonds. The van der Waals surface area contributed by atoms with Crippen LogP contribution in [-0.4, -0.2) is 21.9 Å². The Kier molecular flexibility index (Phi) is 3.44. The molecule has 0 bridgehead atoms. The Morgan fingerprint density at radius 3 is 2.50 bits per heavy atom. The lowest BCUT2D eigenvalue weighted by Gasteiger charge is -2.29. The number of fused-ring (bicyclic) bond motifs is 1. The minimum absolute atomic E-state index is 0.0929. The number of carbonyl (C=O) groups excluding carboxylic acids is 1. The zero-order valence-electron chi connectivity index (χ0n) is 10.8. The fourth-order valence-corrected chi connectivity index (χ4v) is 2.75. The molecule has 0 spiro atoms. The van der Waals surface area contributed by atoms with Gasteiger partial charge in [-0.2, -0.15) is 0 Å². The smallest absolute Gasteiger partial charge is 0.270 e. The summed E-state index contributed by atoms with van der Waals surface area (Å²) in [5.74, 6) is -0.0929. The number of aromatic nitrogens is 1. The molecule has 3 rings (SSSR count). The van der Waals surface area contributed by atoms with Crippen molar-refractivity contribution in [1.29, 1.82) is 0 Å². The predicted molar refractivity (Wildman–Crippen MR) is 79.6 cm³/mol. The SMILES string of the molecule is O=C1c2ccc(Br)c(=O)n2CCN1Cc1ccccc1. The Hall–Kier alpha value is -1.88. The van der Waals surface area contributed by atoms with Gasteiger partial charge in [0.2, 0.25) is 0 Å². The molecule has 4 nitrogen and oxygen atoms in total. The van der Waals surface area contributed by atoms with Crippen LogP contribution in [0.1, 0.15) is 16.1 Å². The first-order valence-corrected chi connectivity index (χ1v) is 7.18. The predicted octanol–water partition coefficient (Wildman–Crippen LogP) is 2.27. The minimum Gasteiger partial charge on any atom is -0.331 e. The van der Waals surface area contributed by atoms with Crippen molar-refractivity contribution in [3.05, 3.63) is 68.5 Å². The van der Waals surface area contributed by atoms with Gasteiger partial charge in [-0.3, -0.25) is 9.59 Å². The quantitative estimate of drug-likeness (QED) is 0.846. The van der Waals surface area contributed by atoms with Crippen molar-refractivity contribution in [1.82, 2.24) is 9.47 Å². The molecule has 5 heteroatoms. The number of carbonyl (C=O) groups is 1. The molecule has 0 saturated carbocycles. The fraction of sp³-hybridized carbons (Fsp3) is 0.200. The molecule has 102 valence electrons. The van der Waals surface area contributed by atoms with Crippen molar-refractivity contribution in [3.63, 3.8) is 0 Å². The van der Waals surface area contributed by atoms with E-state index in [-0.39, 0.29) is 11.5 Å². The molecule has 0 N–H and O–H groups in total. The second-order valence-corrected chi connectivity index (χ2v) is 5.59. The molecule has 1 aliphatic rings. The third-order valence-electron chi connectivity index (χ3n) is 3.44. The zero-order chi connectivity index (χ0) is 14.1. The molecule has 0 saturated heterocycles. The number of benzene rings is 1. The minimum atomic E-state index is -0.143. The van der Waals surface area contributed by atoms with Crippen LogP contribution in [-0.2, 0) is 13.1 Å². The summed E-state index contributed by atoms with van der Waals surface area (Å²) in [5.41, 5.74) is 1.41. The lowest BCUT2D eigenvalue weighted by atomic mass is 10.1. The van der Waals surface area contributed by atoms with Crippen LogP contribution in [0, 0.1) is 0 Å². The molecule has 1 aromatic carbocycles. The van der Waals surface area contributed by atoms with Gasteiger partial charge in [-0.25, -0.2) is 0 Å². The van der Waals surface area contributed by atoms with E-state index in [0.29, 0.717) is 29.8 Å². The van der Waals surface area contributed by atoms with Crippen molar-refractivity contribution in [2.75, 3.05) is 6.54 Å². The fourth-order valence-electron chi connectivity index (χ4n) is 2.40. The maximum Gasteiger partial charge on any atom is 0.270 e. The Balaban J connectivity index is 1.90. The number of amides is 1. The summed E-state index contributed by atoms with van der Waals surface area (Å²) in [6, 6.07) is 13.2. The van der Waals surface area contributed by atoms with Gasteiger partial charge in [0.05, 0.1) is 4.47 Å². The van der Waals surface area contributed by atoms with Gasteiger partial charge in [-0.05, 0) is 33.6 Å². The first kappa shape index (κ1) is 13.1. The maximum absolute atomic E-state index is 12.4. The Labute approximate surface area is 124 Å². The molecular formula is C15H13BrN2O2. The van der Waals surface area contributed by atoms with E-state index in [1.165, 1.54) is 4.57 Å². The molecule has 0 radical (unpaired) electrons. The number of nitrogens with zero attached hydrogens (tertiary/aromatic N) is 2. The second kappa shape index (κ2) is 5.25. The van der Waals surface area contributed by atoms with E-state index < -0.39 is 0 Å². The van der Waals surface area contributed by atoms with E-state index in [4.69, 9.17) is 0 Å². The van der Waals surface area contributed by atoms with Gasteiger partial charge in [0.25, 0.3) is 11.5 Å². The number of hydrogen-bond acceptors (Lipinski definition) is 2. The molecular weight excluding hydrogens is 320 g/mol. The summed E-state index contributed by atoms with van der Waals surface area (Å²) in [5, 5.41) is 0. The summed E-state index contributed by atoms with van der Waals surface area (Å²) >= 11 is 3.20. The molecule has 2 aromatic rings. The average molecular weight is 333 g/mol. The van der Waals surface area contributed by atoms with Crippen LogP contribution in [0.5, 0.6) is 0 Å². The number of pyridine rings is 1. The van der Waals surface area contributed by atoms with Crippen molar-refractivity contribution >= 4 is 21.8 Å². The summed E-state index contributed by atoms with van der Waals surface area (Å²) in [6.45, 7) is 1.66. The first-order chi connectivity index (χ1) is 9.66. The van der Waals surface area contributed by atoms with E-state index in [0.717, 1.165) is 5.56 Å². The zero-order valence-corrected chi connectivity index (χ0v) is 12.3. The van der Waals surface area contributed by atoms with Gasteiger partial charge in [-0.15, -0.1) is 0 Å². The molecule has 2 heterocycles. The average Bonchev–Trinajstić information content (AvgIpc) is 2.47. The van der Waals surface area contributed by atoms with Crippen LogP contribution in [0.4, 0.5) is 0 Å². The van der Waals surface area contributed by atoms with Gasteiger partial charge in [-0.1, -0.05) is 30.3 Å². The highest BCUT2D eigenvalue weighted by atomic mass is 79.9. The van der Waals surface area contributed by atoms with Crippen LogP contribution in [0.15, 0.2) is 51.7 Å². The largest absolute Gasteiger partial charge is 0.331 e. The highest BCUT2D eigenvalue weighted by Gasteiger charge is 2.25. The molecule has 0 atom stereocenters. The van der Waals surface area contributed by atoms with Gasteiger partial charge in [0.1, 0.15) is 5.69 Å². The van der Waals surface area contributed by atoms with Gasteiger partial charge >= 0.3 is 0 Å². The van der Waals surface area contributed by atoms with Crippen molar-refractivity contribution in [2.45, 2.75) is 13.1 Å². The Bertz CT molecular complexity index is 710. The van der Waals surface area contributed by atoms with Gasteiger partial charge in [0, 0.05) is 19.6 Å². The van der Waals surface area contributed by atoms with E-state index >= 15 is 0 Å². The maximum atomic E-state index is 12.4. The number of halogens is 1. The van der Waals surface area contributed by atoms with Crippen LogP contribution < -0.4 is 5.56 Å². The van der Waals surface area contributed by atoms with Crippen molar-refractivity contribution in [2.24, 2.45) is 0 Å².